The van der Waals surface area contributed by atoms with Gasteiger partial charge in [0, 0.05) is 12.0 Å². The summed E-state index contributed by atoms with van der Waals surface area (Å²) in [4.78, 5) is 22.9. The van der Waals surface area contributed by atoms with Gasteiger partial charge in [0.1, 0.15) is 0 Å². The van der Waals surface area contributed by atoms with Gasteiger partial charge >= 0.3 is 11.9 Å². The lowest BCUT2D eigenvalue weighted by Crippen LogP contribution is -2.11. The molecule has 0 aromatic carbocycles. The number of ether oxygens (including phenoxy) is 2. The third-order valence-electron chi connectivity index (χ3n) is 2.39. The molecule has 4 nitrogen and oxygen atoms in total. The second kappa shape index (κ2) is 10.8. The summed E-state index contributed by atoms with van der Waals surface area (Å²) in [7, 11) is 0. The third-order valence-corrected chi connectivity index (χ3v) is 2.39. The van der Waals surface area contributed by atoms with Crippen LogP contribution in [0.4, 0.5) is 0 Å². The molecule has 0 atom stereocenters. The van der Waals surface area contributed by atoms with Crippen molar-refractivity contribution in [3.05, 3.63) is 11.6 Å². The highest BCUT2D eigenvalue weighted by molar-refractivity contribution is 5.89. The number of carbonyl (C=O) groups is 2. The number of rotatable bonds is 9. The summed E-state index contributed by atoms with van der Waals surface area (Å²) >= 11 is 0. The second-order valence-corrected chi connectivity index (χ2v) is 3.90. The summed E-state index contributed by atoms with van der Waals surface area (Å²) < 4.78 is 9.81. The van der Waals surface area contributed by atoms with E-state index in [0.29, 0.717) is 25.2 Å². The molecule has 0 aliphatic rings. The Morgan fingerprint density at radius 3 is 2.22 bits per heavy atom. The van der Waals surface area contributed by atoms with Gasteiger partial charge in [0.15, 0.2) is 0 Å². The Morgan fingerprint density at radius 2 is 1.67 bits per heavy atom. The molecule has 0 unspecified atom stereocenters. The average Bonchev–Trinajstić information content (AvgIpc) is 2.34. The first kappa shape index (κ1) is 16.7. The number of unbranched alkanes of at least 4 members (excludes halogenated alkanes) is 2. The van der Waals surface area contributed by atoms with Crippen molar-refractivity contribution in [3.63, 3.8) is 0 Å². The van der Waals surface area contributed by atoms with E-state index in [4.69, 9.17) is 9.47 Å². The maximum Gasteiger partial charge on any atom is 0.333 e. The minimum atomic E-state index is -0.321. The summed E-state index contributed by atoms with van der Waals surface area (Å²) in [6.45, 7) is 6.35. The fraction of sp³-hybridized carbons (Fsp3) is 0.714. The summed E-state index contributed by atoms with van der Waals surface area (Å²) in [6, 6.07) is 0. The van der Waals surface area contributed by atoms with E-state index in [1.165, 1.54) is 0 Å². The molecule has 0 saturated heterocycles. The highest BCUT2D eigenvalue weighted by atomic mass is 16.5. The predicted octanol–water partition coefficient (Wildman–Crippen LogP) is 3.01. The zero-order chi connectivity index (χ0) is 13.8. The molecule has 0 amide bonds. The van der Waals surface area contributed by atoms with E-state index in [0.717, 1.165) is 19.3 Å². The van der Waals surface area contributed by atoms with Gasteiger partial charge < -0.3 is 9.47 Å². The first-order chi connectivity index (χ1) is 8.65. The van der Waals surface area contributed by atoms with Crippen molar-refractivity contribution in [2.75, 3.05) is 13.2 Å². The molecule has 0 aliphatic heterocycles. The van der Waals surface area contributed by atoms with Gasteiger partial charge in [-0.15, -0.1) is 0 Å². The summed E-state index contributed by atoms with van der Waals surface area (Å²) in [5, 5.41) is 0. The Kier molecular flexibility index (Phi) is 10.0. The van der Waals surface area contributed by atoms with E-state index in [-0.39, 0.29) is 18.4 Å². The Labute approximate surface area is 109 Å². The predicted molar refractivity (Wildman–Crippen MR) is 70.1 cm³/mol. The topological polar surface area (TPSA) is 52.6 Å². The van der Waals surface area contributed by atoms with Gasteiger partial charge in [-0.2, -0.15) is 0 Å². The highest BCUT2D eigenvalue weighted by Crippen LogP contribution is 2.11. The molecule has 0 fully saturated rings. The summed E-state index contributed by atoms with van der Waals surface area (Å²) in [5.74, 6) is -0.596. The van der Waals surface area contributed by atoms with E-state index in [1.54, 1.807) is 13.8 Å². The van der Waals surface area contributed by atoms with Crippen LogP contribution in [-0.4, -0.2) is 25.2 Å². The molecule has 0 rings (SSSR count). The molecular formula is C14H24O4. The van der Waals surface area contributed by atoms with Crippen molar-refractivity contribution < 1.29 is 19.1 Å². The van der Waals surface area contributed by atoms with E-state index in [2.05, 4.69) is 6.92 Å². The van der Waals surface area contributed by atoms with Crippen molar-refractivity contribution in [1.29, 1.82) is 0 Å². The largest absolute Gasteiger partial charge is 0.466 e. The molecule has 0 bridgehead atoms. The number of esters is 2. The third kappa shape index (κ3) is 7.87. The zero-order valence-corrected chi connectivity index (χ0v) is 11.7. The standard InChI is InChI=1S/C14H24O4/c1-4-7-8-9-12(14(16)18-6-3)10-11-13(15)17-5-2/h9H,4-8,10-11H2,1-3H3/b12-9+. The maximum atomic E-state index is 11.7. The van der Waals surface area contributed by atoms with Gasteiger partial charge in [0.2, 0.25) is 0 Å². The smallest absolute Gasteiger partial charge is 0.333 e. The number of hydrogen-bond acceptors (Lipinski definition) is 4. The van der Waals surface area contributed by atoms with Gasteiger partial charge in [-0.05, 0) is 26.7 Å². The fourth-order valence-corrected chi connectivity index (χ4v) is 1.46. The molecule has 0 aromatic rings. The van der Waals surface area contributed by atoms with Crippen molar-refractivity contribution >= 4 is 11.9 Å². The molecule has 0 aromatic heterocycles. The molecule has 0 aliphatic carbocycles. The lowest BCUT2D eigenvalue weighted by Gasteiger charge is -2.07. The fourth-order valence-electron chi connectivity index (χ4n) is 1.46. The number of hydrogen-bond donors (Lipinski definition) is 0. The van der Waals surface area contributed by atoms with Crippen molar-refractivity contribution in [3.8, 4) is 0 Å². The van der Waals surface area contributed by atoms with E-state index < -0.39 is 0 Å². The quantitative estimate of drug-likeness (QED) is 0.361. The monoisotopic (exact) mass is 256 g/mol. The van der Waals surface area contributed by atoms with Crippen LogP contribution in [-0.2, 0) is 19.1 Å². The van der Waals surface area contributed by atoms with Crippen molar-refractivity contribution in [1.82, 2.24) is 0 Å². The molecule has 104 valence electrons. The summed E-state index contributed by atoms with van der Waals surface area (Å²) in [6.07, 6.45) is 5.44. The first-order valence-electron chi connectivity index (χ1n) is 6.67. The Bertz CT molecular complexity index is 282. The van der Waals surface area contributed by atoms with E-state index in [9.17, 15) is 9.59 Å². The van der Waals surface area contributed by atoms with Gasteiger partial charge in [-0.3, -0.25) is 4.79 Å². The Hall–Kier alpha value is -1.32. The molecule has 0 heterocycles. The zero-order valence-electron chi connectivity index (χ0n) is 11.7. The Balaban J connectivity index is 4.33. The SMILES string of the molecule is CCCC/C=C(\CCC(=O)OCC)C(=O)OCC. The summed E-state index contributed by atoms with van der Waals surface area (Å²) in [5.41, 5.74) is 0.582. The minimum absolute atomic E-state index is 0.227. The maximum absolute atomic E-state index is 11.7. The second-order valence-electron chi connectivity index (χ2n) is 3.90. The van der Waals surface area contributed by atoms with Crippen molar-refractivity contribution in [2.24, 2.45) is 0 Å². The minimum Gasteiger partial charge on any atom is -0.466 e. The average molecular weight is 256 g/mol. The number of allylic oxidation sites excluding steroid dienone is 1. The van der Waals surface area contributed by atoms with Crippen LogP contribution in [0, 0.1) is 0 Å². The van der Waals surface area contributed by atoms with Crippen LogP contribution in [0.3, 0.4) is 0 Å². The number of carbonyl (C=O) groups excluding carboxylic acids is 2. The van der Waals surface area contributed by atoms with Gasteiger partial charge in [-0.25, -0.2) is 4.79 Å². The molecule has 18 heavy (non-hydrogen) atoms. The molecule has 0 radical (unpaired) electrons. The molecule has 0 spiro atoms. The van der Waals surface area contributed by atoms with Crippen LogP contribution in [0.25, 0.3) is 0 Å². The van der Waals surface area contributed by atoms with Crippen LogP contribution in [0.1, 0.15) is 52.9 Å². The van der Waals surface area contributed by atoms with Crippen LogP contribution >= 0.6 is 0 Å². The highest BCUT2D eigenvalue weighted by Gasteiger charge is 2.12. The van der Waals surface area contributed by atoms with Crippen LogP contribution in [0.5, 0.6) is 0 Å². The molecule has 0 N–H and O–H groups in total. The van der Waals surface area contributed by atoms with Gasteiger partial charge in [0.25, 0.3) is 0 Å². The lowest BCUT2D eigenvalue weighted by molar-refractivity contribution is -0.143. The van der Waals surface area contributed by atoms with Crippen LogP contribution in [0.2, 0.25) is 0 Å². The molecular weight excluding hydrogens is 232 g/mol. The molecule has 4 heteroatoms. The van der Waals surface area contributed by atoms with E-state index >= 15 is 0 Å². The van der Waals surface area contributed by atoms with Gasteiger partial charge in [0.05, 0.1) is 13.2 Å². The van der Waals surface area contributed by atoms with Gasteiger partial charge in [-0.1, -0.05) is 25.8 Å². The van der Waals surface area contributed by atoms with Crippen molar-refractivity contribution in [2.45, 2.75) is 52.9 Å². The first-order valence-corrected chi connectivity index (χ1v) is 6.67. The van der Waals surface area contributed by atoms with Crippen LogP contribution < -0.4 is 0 Å². The lowest BCUT2D eigenvalue weighted by atomic mass is 10.1. The normalized spacial score (nSPS) is 11.2. The Morgan fingerprint density at radius 1 is 1.00 bits per heavy atom. The van der Waals surface area contributed by atoms with Crippen LogP contribution in [0.15, 0.2) is 11.6 Å². The molecule has 0 saturated carbocycles. The van der Waals surface area contributed by atoms with E-state index in [1.807, 2.05) is 6.08 Å².